The summed E-state index contributed by atoms with van der Waals surface area (Å²) in [6.45, 7) is 3.56. The van der Waals surface area contributed by atoms with Crippen molar-refractivity contribution in [2.45, 2.75) is 19.1 Å². The molecule has 0 radical (unpaired) electrons. The molecule has 21 heavy (non-hydrogen) atoms. The van der Waals surface area contributed by atoms with E-state index in [9.17, 15) is 9.90 Å². The number of nitriles is 1. The van der Waals surface area contributed by atoms with Crippen LogP contribution in [0.1, 0.15) is 12.5 Å². The Morgan fingerprint density at radius 2 is 2.33 bits per heavy atom. The maximum atomic E-state index is 11.5. The molecule has 1 aromatic rings. The van der Waals surface area contributed by atoms with E-state index >= 15 is 0 Å². The zero-order valence-corrected chi connectivity index (χ0v) is 12.0. The van der Waals surface area contributed by atoms with E-state index in [-0.39, 0.29) is 18.6 Å². The molecule has 0 aliphatic carbocycles. The molecule has 0 bridgehead atoms. The molecule has 1 aromatic carbocycles. The minimum atomic E-state index is -0.718. The van der Waals surface area contributed by atoms with Crippen LogP contribution in [0.4, 0.5) is 0 Å². The van der Waals surface area contributed by atoms with Gasteiger partial charge in [-0.3, -0.25) is 9.69 Å². The first-order valence-corrected chi connectivity index (χ1v) is 6.93. The van der Waals surface area contributed by atoms with E-state index < -0.39 is 6.10 Å². The van der Waals surface area contributed by atoms with Gasteiger partial charge in [-0.1, -0.05) is 12.1 Å². The molecule has 1 amide bonds. The second kappa shape index (κ2) is 7.07. The quantitative estimate of drug-likeness (QED) is 0.804. The number of benzene rings is 1. The van der Waals surface area contributed by atoms with Gasteiger partial charge in [0.2, 0.25) is 5.91 Å². The van der Waals surface area contributed by atoms with Gasteiger partial charge in [-0.15, -0.1) is 0 Å². The Bertz CT molecular complexity index is 541. The van der Waals surface area contributed by atoms with Crippen molar-refractivity contribution in [1.82, 2.24) is 10.2 Å². The molecular formula is C15H19N3O3. The van der Waals surface area contributed by atoms with Crippen molar-refractivity contribution in [3.05, 3.63) is 29.8 Å². The van der Waals surface area contributed by atoms with Gasteiger partial charge in [-0.2, -0.15) is 5.26 Å². The van der Waals surface area contributed by atoms with Crippen LogP contribution in [0.3, 0.4) is 0 Å². The topological polar surface area (TPSA) is 85.6 Å². The molecule has 6 nitrogen and oxygen atoms in total. The number of hydrogen-bond donors (Lipinski definition) is 2. The summed E-state index contributed by atoms with van der Waals surface area (Å²) in [5.74, 6) is 0.438. The van der Waals surface area contributed by atoms with E-state index in [0.29, 0.717) is 30.9 Å². The fourth-order valence-electron chi connectivity index (χ4n) is 2.27. The fourth-order valence-corrected chi connectivity index (χ4v) is 2.27. The Labute approximate surface area is 123 Å². The van der Waals surface area contributed by atoms with Crippen LogP contribution in [-0.4, -0.2) is 54.3 Å². The number of amides is 1. The lowest BCUT2D eigenvalue weighted by Gasteiger charge is -2.33. The third-order valence-corrected chi connectivity index (χ3v) is 3.51. The maximum Gasteiger partial charge on any atom is 0.237 e. The van der Waals surface area contributed by atoms with Gasteiger partial charge in [-0.25, -0.2) is 0 Å². The second-order valence-corrected chi connectivity index (χ2v) is 5.03. The van der Waals surface area contributed by atoms with Gasteiger partial charge in [0.05, 0.1) is 11.6 Å². The second-order valence-electron chi connectivity index (χ2n) is 5.03. The lowest BCUT2D eigenvalue weighted by molar-refractivity contribution is -0.129. The molecule has 1 fully saturated rings. The van der Waals surface area contributed by atoms with Gasteiger partial charge >= 0.3 is 0 Å². The van der Waals surface area contributed by atoms with Gasteiger partial charge in [0.15, 0.2) is 0 Å². The minimum Gasteiger partial charge on any atom is -0.489 e. The number of ether oxygens (including phenoxy) is 1. The summed E-state index contributed by atoms with van der Waals surface area (Å²) in [6.07, 6.45) is -0.718. The molecule has 0 saturated carbocycles. The van der Waals surface area contributed by atoms with Crippen molar-refractivity contribution in [2.75, 3.05) is 26.2 Å². The number of carbonyl (C=O) groups is 1. The van der Waals surface area contributed by atoms with Crippen molar-refractivity contribution >= 4 is 5.91 Å². The largest absolute Gasteiger partial charge is 0.489 e. The monoisotopic (exact) mass is 289 g/mol. The highest BCUT2D eigenvalue weighted by molar-refractivity contribution is 5.81. The van der Waals surface area contributed by atoms with Crippen molar-refractivity contribution in [1.29, 1.82) is 5.26 Å². The number of aliphatic hydroxyl groups excluding tert-OH is 1. The normalized spacial score (nSPS) is 20.4. The minimum absolute atomic E-state index is 0.0239. The maximum absolute atomic E-state index is 11.5. The molecule has 1 aliphatic rings. The van der Waals surface area contributed by atoms with Gasteiger partial charge in [0, 0.05) is 19.6 Å². The van der Waals surface area contributed by atoms with E-state index in [1.165, 1.54) is 0 Å². The number of aliphatic hydroxyl groups is 1. The number of piperazine rings is 1. The third kappa shape index (κ3) is 3.94. The first-order valence-electron chi connectivity index (χ1n) is 6.93. The van der Waals surface area contributed by atoms with Gasteiger partial charge in [0.1, 0.15) is 24.5 Å². The van der Waals surface area contributed by atoms with Crippen LogP contribution in [0.15, 0.2) is 24.3 Å². The van der Waals surface area contributed by atoms with Crippen LogP contribution in [0, 0.1) is 11.3 Å². The van der Waals surface area contributed by atoms with Crippen LogP contribution in [0.25, 0.3) is 0 Å². The number of rotatable bonds is 5. The van der Waals surface area contributed by atoms with Crippen molar-refractivity contribution in [3.8, 4) is 11.8 Å². The van der Waals surface area contributed by atoms with Gasteiger partial charge < -0.3 is 15.2 Å². The van der Waals surface area contributed by atoms with Crippen molar-refractivity contribution in [3.63, 3.8) is 0 Å². The summed E-state index contributed by atoms with van der Waals surface area (Å²) < 4.78 is 5.49. The summed E-state index contributed by atoms with van der Waals surface area (Å²) >= 11 is 0. The molecule has 1 heterocycles. The first-order chi connectivity index (χ1) is 10.1. The smallest absolute Gasteiger partial charge is 0.237 e. The Morgan fingerprint density at radius 3 is 3.10 bits per heavy atom. The van der Waals surface area contributed by atoms with Crippen LogP contribution < -0.4 is 10.1 Å². The number of β-amino-alcohol motifs (C(OH)–C–C–N with tert-alkyl or cyclic N) is 1. The molecule has 1 aliphatic heterocycles. The molecule has 2 N–H and O–H groups in total. The fraction of sp³-hybridized carbons (Fsp3) is 0.467. The van der Waals surface area contributed by atoms with Crippen LogP contribution in [-0.2, 0) is 4.79 Å². The van der Waals surface area contributed by atoms with Crippen LogP contribution in [0.2, 0.25) is 0 Å². The summed E-state index contributed by atoms with van der Waals surface area (Å²) in [5, 5.41) is 21.8. The molecule has 2 unspecified atom stereocenters. The number of nitrogens with one attached hydrogen (secondary N) is 1. The number of hydrogen-bond acceptors (Lipinski definition) is 5. The Balaban J connectivity index is 1.86. The Kier molecular flexibility index (Phi) is 5.14. The Morgan fingerprint density at radius 1 is 1.57 bits per heavy atom. The standard InChI is InChI=1S/C15H19N3O3/c1-11-15(20)17-6-7-18(11)9-13(19)10-21-14-5-3-2-4-12(14)8-16/h2-5,11,13,19H,6-7,9-10H2,1H3,(H,17,20). The molecule has 0 aromatic heterocycles. The van der Waals surface area contributed by atoms with Crippen LogP contribution >= 0.6 is 0 Å². The highest BCUT2D eigenvalue weighted by Gasteiger charge is 2.26. The summed E-state index contributed by atoms with van der Waals surface area (Å²) in [7, 11) is 0. The molecule has 2 rings (SSSR count). The average molecular weight is 289 g/mol. The molecular weight excluding hydrogens is 270 g/mol. The summed E-state index contributed by atoms with van der Waals surface area (Å²) in [5.41, 5.74) is 0.440. The summed E-state index contributed by atoms with van der Waals surface area (Å²) in [6, 6.07) is 8.69. The molecule has 112 valence electrons. The van der Waals surface area contributed by atoms with Crippen LogP contribution in [0.5, 0.6) is 5.75 Å². The highest BCUT2D eigenvalue weighted by Crippen LogP contribution is 2.16. The number of nitrogens with zero attached hydrogens (tertiary/aromatic N) is 2. The lowest BCUT2D eigenvalue weighted by atomic mass is 10.2. The van der Waals surface area contributed by atoms with E-state index in [4.69, 9.17) is 10.00 Å². The van der Waals surface area contributed by atoms with E-state index in [1.54, 1.807) is 24.3 Å². The zero-order chi connectivity index (χ0) is 15.2. The van der Waals surface area contributed by atoms with Crippen molar-refractivity contribution in [2.24, 2.45) is 0 Å². The van der Waals surface area contributed by atoms with Gasteiger partial charge in [0.25, 0.3) is 0 Å². The van der Waals surface area contributed by atoms with E-state index in [1.807, 2.05) is 17.9 Å². The highest BCUT2D eigenvalue weighted by atomic mass is 16.5. The Hall–Kier alpha value is -2.10. The molecule has 2 atom stereocenters. The van der Waals surface area contributed by atoms with E-state index in [2.05, 4.69) is 5.32 Å². The SMILES string of the molecule is CC1C(=O)NCCN1CC(O)COc1ccccc1C#N. The molecule has 1 saturated heterocycles. The lowest BCUT2D eigenvalue weighted by Crippen LogP contribution is -2.55. The summed E-state index contributed by atoms with van der Waals surface area (Å²) in [4.78, 5) is 13.5. The predicted octanol–water partition coefficient (Wildman–Crippen LogP) is 0.118. The third-order valence-electron chi connectivity index (χ3n) is 3.51. The predicted molar refractivity (Wildman–Crippen MR) is 76.7 cm³/mol. The zero-order valence-electron chi connectivity index (χ0n) is 12.0. The molecule has 0 spiro atoms. The molecule has 6 heteroatoms. The average Bonchev–Trinajstić information content (AvgIpc) is 2.50. The number of carbonyl (C=O) groups excluding carboxylic acids is 1. The number of para-hydroxylation sites is 1. The first kappa shape index (κ1) is 15.3. The van der Waals surface area contributed by atoms with E-state index in [0.717, 1.165) is 0 Å². The van der Waals surface area contributed by atoms with Gasteiger partial charge in [-0.05, 0) is 19.1 Å². The van der Waals surface area contributed by atoms with Crippen molar-refractivity contribution < 1.29 is 14.6 Å².